The summed E-state index contributed by atoms with van der Waals surface area (Å²) < 4.78 is 5.03. The molecule has 0 spiro atoms. The minimum Gasteiger partial charge on any atom is -0.361 e. The molecule has 0 aliphatic carbocycles. The fraction of sp³-hybridized carbons (Fsp3) is 0.267. The van der Waals surface area contributed by atoms with E-state index in [1.807, 2.05) is 6.92 Å². The van der Waals surface area contributed by atoms with Gasteiger partial charge in [0.15, 0.2) is 0 Å². The molecule has 0 fully saturated rings. The number of amides is 2. The van der Waals surface area contributed by atoms with E-state index in [9.17, 15) is 9.59 Å². The number of hydrogen-bond acceptors (Lipinski definition) is 4. The van der Waals surface area contributed by atoms with Crippen LogP contribution in [0.25, 0.3) is 0 Å². The smallest absolute Gasteiger partial charge is 0.269 e. The predicted octanol–water partition coefficient (Wildman–Crippen LogP) is 2.34. The third-order valence-electron chi connectivity index (χ3n) is 3.19. The fourth-order valence-corrected chi connectivity index (χ4v) is 2.18. The summed E-state index contributed by atoms with van der Waals surface area (Å²) in [5.74, 6) is -0.0168. The molecular formula is C15H16ClN3O3. The molecule has 0 saturated carbocycles. The minimum atomic E-state index is -0.423. The van der Waals surface area contributed by atoms with E-state index >= 15 is 0 Å². The molecule has 2 amide bonds. The van der Waals surface area contributed by atoms with E-state index in [1.54, 1.807) is 25.1 Å². The molecule has 0 radical (unpaired) electrons. The number of benzene rings is 1. The number of nitrogens with zero attached hydrogens (tertiary/aromatic N) is 1. The molecular weight excluding hydrogens is 306 g/mol. The van der Waals surface area contributed by atoms with Gasteiger partial charge in [0.2, 0.25) is 5.91 Å². The molecule has 2 rings (SSSR count). The van der Waals surface area contributed by atoms with Gasteiger partial charge in [-0.2, -0.15) is 0 Å². The van der Waals surface area contributed by atoms with Crippen molar-refractivity contribution in [1.82, 2.24) is 16.0 Å². The highest BCUT2D eigenvalue weighted by Crippen LogP contribution is 2.14. The summed E-state index contributed by atoms with van der Waals surface area (Å²) >= 11 is 5.81. The molecule has 0 bridgehead atoms. The van der Waals surface area contributed by atoms with Crippen LogP contribution >= 0.6 is 11.6 Å². The molecule has 1 aromatic carbocycles. The maximum absolute atomic E-state index is 11.8. The number of carbonyl (C=O) groups is 2. The highest BCUT2D eigenvalue weighted by atomic mass is 35.5. The summed E-state index contributed by atoms with van der Waals surface area (Å²) in [5, 5.41) is 4.28. The fourth-order valence-electron chi connectivity index (χ4n) is 1.99. The molecule has 1 aromatic heterocycles. The topological polar surface area (TPSA) is 84.2 Å². The van der Waals surface area contributed by atoms with E-state index in [4.69, 9.17) is 16.1 Å². The first-order valence-corrected chi connectivity index (χ1v) is 7.11. The summed E-state index contributed by atoms with van der Waals surface area (Å²) in [7, 11) is 0. The van der Waals surface area contributed by atoms with Crippen molar-refractivity contribution in [2.75, 3.05) is 0 Å². The molecule has 1 heterocycles. The zero-order chi connectivity index (χ0) is 16.1. The highest BCUT2D eigenvalue weighted by molar-refractivity contribution is 6.30. The Morgan fingerprint density at radius 2 is 2.05 bits per heavy atom. The van der Waals surface area contributed by atoms with Gasteiger partial charge in [0.25, 0.3) is 5.91 Å². The van der Waals surface area contributed by atoms with Crippen LogP contribution in [0, 0.1) is 13.8 Å². The number of hydrogen-bond donors (Lipinski definition) is 2. The second-order valence-corrected chi connectivity index (χ2v) is 5.25. The van der Waals surface area contributed by atoms with E-state index in [2.05, 4.69) is 16.0 Å². The van der Waals surface area contributed by atoms with Crippen LogP contribution in [-0.4, -0.2) is 17.0 Å². The number of aryl methyl sites for hydroxylation is 2. The largest absolute Gasteiger partial charge is 0.361 e. The molecule has 0 aliphatic heterocycles. The van der Waals surface area contributed by atoms with Crippen LogP contribution in [0.5, 0.6) is 0 Å². The van der Waals surface area contributed by atoms with Crippen molar-refractivity contribution >= 4 is 23.4 Å². The standard InChI is InChI=1S/C15H16ClN3O3/c1-9-13(10(2)22-19-9)6-7-14(20)17-18-15(21)11-4-3-5-12(16)8-11/h3-5,8H,6-7H2,1-2H3,(H,17,20)(H,18,21). The maximum Gasteiger partial charge on any atom is 0.269 e. The molecule has 2 aromatic rings. The average molecular weight is 322 g/mol. The van der Waals surface area contributed by atoms with E-state index < -0.39 is 5.91 Å². The summed E-state index contributed by atoms with van der Waals surface area (Å²) in [6.45, 7) is 3.62. The molecule has 6 nitrogen and oxygen atoms in total. The lowest BCUT2D eigenvalue weighted by Gasteiger charge is -2.07. The Balaban J connectivity index is 1.82. The van der Waals surface area contributed by atoms with Crippen LogP contribution < -0.4 is 10.9 Å². The summed E-state index contributed by atoms with van der Waals surface area (Å²) in [6.07, 6.45) is 0.721. The molecule has 2 N–H and O–H groups in total. The Morgan fingerprint density at radius 1 is 1.27 bits per heavy atom. The van der Waals surface area contributed by atoms with Gasteiger partial charge >= 0.3 is 0 Å². The lowest BCUT2D eigenvalue weighted by molar-refractivity contribution is -0.121. The molecule has 0 unspecified atom stereocenters. The number of aromatic nitrogens is 1. The van der Waals surface area contributed by atoms with Crippen molar-refractivity contribution in [2.45, 2.75) is 26.7 Å². The van der Waals surface area contributed by atoms with Crippen LogP contribution in [0.15, 0.2) is 28.8 Å². The third kappa shape index (κ3) is 4.08. The van der Waals surface area contributed by atoms with Gasteiger partial charge in [-0.05, 0) is 38.5 Å². The van der Waals surface area contributed by atoms with Gasteiger partial charge in [-0.15, -0.1) is 0 Å². The van der Waals surface area contributed by atoms with Crippen molar-refractivity contribution in [2.24, 2.45) is 0 Å². The van der Waals surface area contributed by atoms with Crippen molar-refractivity contribution in [3.63, 3.8) is 0 Å². The molecule has 0 atom stereocenters. The second-order valence-electron chi connectivity index (χ2n) is 4.82. The van der Waals surface area contributed by atoms with Crippen molar-refractivity contribution < 1.29 is 14.1 Å². The molecule has 0 saturated heterocycles. The third-order valence-corrected chi connectivity index (χ3v) is 3.42. The first kappa shape index (κ1) is 16.0. The highest BCUT2D eigenvalue weighted by Gasteiger charge is 2.12. The number of carbonyl (C=O) groups excluding carboxylic acids is 2. The Kier molecular flexibility index (Phi) is 5.16. The van der Waals surface area contributed by atoms with Crippen LogP contribution in [0.3, 0.4) is 0 Å². The summed E-state index contributed by atoms with van der Waals surface area (Å²) in [4.78, 5) is 23.6. The zero-order valence-corrected chi connectivity index (χ0v) is 13.0. The van der Waals surface area contributed by atoms with Crippen molar-refractivity contribution in [1.29, 1.82) is 0 Å². The van der Waals surface area contributed by atoms with Crippen molar-refractivity contribution in [3.05, 3.63) is 51.9 Å². The van der Waals surface area contributed by atoms with Crippen LogP contribution in [0.4, 0.5) is 0 Å². The second kappa shape index (κ2) is 7.09. The Hall–Kier alpha value is -2.34. The van der Waals surface area contributed by atoms with Gasteiger partial charge < -0.3 is 4.52 Å². The quantitative estimate of drug-likeness (QED) is 0.846. The van der Waals surface area contributed by atoms with Crippen LogP contribution in [0.1, 0.15) is 33.8 Å². The van der Waals surface area contributed by atoms with E-state index in [1.165, 1.54) is 6.07 Å². The molecule has 7 heteroatoms. The molecule has 22 heavy (non-hydrogen) atoms. The molecule has 116 valence electrons. The van der Waals surface area contributed by atoms with Gasteiger partial charge in [0.05, 0.1) is 5.69 Å². The zero-order valence-electron chi connectivity index (χ0n) is 12.3. The van der Waals surface area contributed by atoms with Gasteiger partial charge in [0, 0.05) is 22.6 Å². The Morgan fingerprint density at radius 3 is 2.68 bits per heavy atom. The normalized spacial score (nSPS) is 10.3. The first-order valence-electron chi connectivity index (χ1n) is 6.74. The first-order chi connectivity index (χ1) is 10.5. The number of hydrazine groups is 1. The number of halogens is 1. The lowest BCUT2D eigenvalue weighted by Crippen LogP contribution is -2.41. The SMILES string of the molecule is Cc1noc(C)c1CCC(=O)NNC(=O)c1cccc(Cl)c1. The minimum absolute atomic E-state index is 0.221. The van der Waals surface area contributed by atoms with Crippen LogP contribution in [-0.2, 0) is 11.2 Å². The average Bonchev–Trinajstić information content (AvgIpc) is 2.81. The maximum atomic E-state index is 11.8. The van der Waals surface area contributed by atoms with E-state index in [0.717, 1.165) is 11.3 Å². The number of rotatable bonds is 4. The van der Waals surface area contributed by atoms with Crippen LogP contribution in [0.2, 0.25) is 5.02 Å². The lowest BCUT2D eigenvalue weighted by atomic mass is 10.1. The van der Waals surface area contributed by atoms with E-state index in [0.29, 0.717) is 22.8 Å². The monoisotopic (exact) mass is 321 g/mol. The summed E-state index contributed by atoms with van der Waals surface area (Å²) in [5.41, 5.74) is 6.78. The van der Waals surface area contributed by atoms with E-state index in [-0.39, 0.29) is 12.3 Å². The van der Waals surface area contributed by atoms with Gasteiger partial charge in [-0.25, -0.2) is 0 Å². The van der Waals surface area contributed by atoms with Gasteiger partial charge in [-0.3, -0.25) is 20.4 Å². The van der Waals surface area contributed by atoms with Gasteiger partial charge in [-0.1, -0.05) is 22.8 Å². The Labute approximate surface area is 132 Å². The summed E-state index contributed by atoms with van der Waals surface area (Å²) in [6, 6.07) is 6.46. The molecule has 0 aliphatic rings. The van der Waals surface area contributed by atoms with Crippen molar-refractivity contribution in [3.8, 4) is 0 Å². The Bertz CT molecular complexity index is 678. The predicted molar refractivity (Wildman–Crippen MR) is 81.4 cm³/mol. The van der Waals surface area contributed by atoms with Gasteiger partial charge in [0.1, 0.15) is 5.76 Å². The number of nitrogens with one attached hydrogen (secondary N) is 2.